The van der Waals surface area contributed by atoms with Crippen molar-refractivity contribution in [2.24, 2.45) is 0 Å². The molecule has 0 saturated carbocycles. The van der Waals surface area contributed by atoms with Gasteiger partial charge in [0.05, 0.1) is 0 Å². The molecular formula is C16H18S2. The van der Waals surface area contributed by atoms with Crippen LogP contribution >= 0.6 is 24.4 Å². The zero-order valence-electron chi connectivity index (χ0n) is 10.5. The zero-order chi connectivity index (χ0) is 12.8. The van der Waals surface area contributed by atoms with Crippen LogP contribution in [0, 0.1) is 6.92 Å². The Balaban J connectivity index is 2.00. The Morgan fingerprint density at radius 2 is 1.83 bits per heavy atom. The summed E-state index contributed by atoms with van der Waals surface area (Å²) in [6.07, 6.45) is 0. The van der Waals surface area contributed by atoms with E-state index in [0.717, 1.165) is 11.5 Å². The highest BCUT2D eigenvalue weighted by atomic mass is 32.2. The molecule has 2 aromatic carbocycles. The van der Waals surface area contributed by atoms with Gasteiger partial charge >= 0.3 is 0 Å². The van der Waals surface area contributed by atoms with Crippen molar-refractivity contribution in [2.45, 2.75) is 17.7 Å². The molecule has 0 spiro atoms. The van der Waals surface area contributed by atoms with Crippen LogP contribution in [0.25, 0.3) is 0 Å². The highest BCUT2D eigenvalue weighted by molar-refractivity contribution is 7.99. The largest absolute Gasteiger partial charge is 0.179 e. The van der Waals surface area contributed by atoms with E-state index in [2.05, 4.69) is 74.1 Å². The van der Waals surface area contributed by atoms with E-state index >= 15 is 0 Å². The molecule has 0 aliphatic rings. The van der Waals surface area contributed by atoms with Crippen molar-refractivity contribution < 1.29 is 0 Å². The Bertz CT molecular complexity index is 479. The third-order valence-electron chi connectivity index (χ3n) is 2.93. The molecule has 0 saturated heterocycles. The third-order valence-corrected chi connectivity index (χ3v) is 4.53. The van der Waals surface area contributed by atoms with E-state index in [9.17, 15) is 0 Å². The van der Waals surface area contributed by atoms with Crippen LogP contribution in [0.4, 0.5) is 0 Å². The maximum Gasteiger partial charge on any atom is 0.00748 e. The van der Waals surface area contributed by atoms with Crippen molar-refractivity contribution in [3.63, 3.8) is 0 Å². The molecule has 0 aliphatic heterocycles. The fourth-order valence-electron chi connectivity index (χ4n) is 1.88. The van der Waals surface area contributed by atoms with E-state index in [4.69, 9.17) is 0 Å². The molecule has 2 aromatic rings. The number of aryl methyl sites for hydroxylation is 1. The number of thioether (sulfide) groups is 1. The lowest BCUT2D eigenvalue weighted by Gasteiger charge is -2.14. The molecule has 0 fully saturated rings. The van der Waals surface area contributed by atoms with Gasteiger partial charge in [-0.15, -0.1) is 11.8 Å². The smallest absolute Gasteiger partial charge is 0.00748 e. The topological polar surface area (TPSA) is 0 Å². The first-order valence-corrected chi connectivity index (χ1v) is 7.76. The monoisotopic (exact) mass is 274 g/mol. The molecule has 0 N–H and O–H groups in total. The predicted octanol–water partition coefficient (Wildman–Crippen LogP) is 4.80. The Kier molecular flexibility index (Phi) is 5.21. The van der Waals surface area contributed by atoms with Gasteiger partial charge in [0.2, 0.25) is 0 Å². The molecule has 0 nitrogen and oxygen atoms in total. The van der Waals surface area contributed by atoms with Crippen molar-refractivity contribution in [1.82, 2.24) is 0 Å². The van der Waals surface area contributed by atoms with Crippen LogP contribution in [-0.4, -0.2) is 11.5 Å². The number of rotatable bonds is 5. The van der Waals surface area contributed by atoms with Crippen LogP contribution < -0.4 is 0 Å². The standard InChI is InChI=1S/C16H18S2/c1-13-6-5-9-16(10-13)18-12-15(11-17)14-7-3-2-4-8-14/h2-10,15,17H,11-12H2,1H3. The van der Waals surface area contributed by atoms with E-state index in [-0.39, 0.29) is 0 Å². The van der Waals surface area contributed by atoms with Crippen LogP contribution in [0.1, 0.15) is 17.0 Å². The highest BCUT2D eigenvalue weighted by Gasteiger charge is 2.09. The summed E-state index contributed by atoms with van der Waals surface area (Å²) >= 11 is 6.39. The van der Waals surface area contributed by atoms with Crippen LogP contribution in [0.3, 0.4) is 0 Å². The molecule has 0 bridgehead atoms. The van der Waals surface area contributed by atoms with Gasteiger partial charge in [0.1, 0.15) is 0 Å². The van der Waals surface area contributed by atoms with Gasteiger partial charge in [-0.2, -0.15) is 12.6 Å². The molecule has 94 valence electrons. The maximum absolute atomic E-state index is 4.48. The Morgan fingerprint density at radius 1 is 1.06 bits per heavy atom. The second-order valence-electron chi connectivity index (χ2n) is 4.42. The average Bonchev–Trinajstić information content (AvgIpc) is 2.41. The van der Waals surface area contributed by atoms with Crippen LogP contribution in [0.5, 0.6) is 0 Å². The SMILES string of the molecule is Cc1cccc(SCC(CS)c2ccccc2)c1. The number of hydrogen-bond donors (Lipinski definition) is 1. The highest BCUT2D eigenvalue weighted by Crippen LogP contribution is 2.27. The van der Waals surface area contributed by atoms with Gasteiger partial charge < -0.3 is 0 Å². The van der Waals surface area contributed by atoms with Gasteiger partial charge in [-0.3, -0.25) is 0 Å². The molecule has 1 unspecified atom stereocenters. The maximum atomic E-state index is 4.48. The van der Waals surface area contributed by atoms with Crippen molar-refractivity contribution in [2.75, 3.05) is 11.5 Å². The number of hydrogen-bond acceptors (Lipinski definition) is 2. The van der Waals surface area contributed by atoms with Gasteiger partial charge in [0.15, 0.2) is 0 Å². The molecule has 1 atom stereocenters. The number of benzene rings is 2. The predicted molar refractivity (Wildman–Crippen MR) is 84.9 cm³/mol. The normalized spacial score (nSPS) is 12.3. The molecule has 0 amide bonds. The van der Waals surface area contributed by atoms with E-state index < -0.39 is 0 Å². The molecular weight excluding hydrogens is 256 g/mol. The first-order valence-electron chi connectivity index (χ1n) is 6.15. The third kappa shape index (κ3) is 3.82. The molecule has 2 heteroatoms. The lowest BCUT2D eigenvalue weighted by molar-refractivity contribution is 0.898. The molecule has 2 rings (SSSR count). The summed E-state index contributed by atoms with van der Waals surface area (Å²) in [5.74, 6) is 2.49. The van der Waals surface area contributed by atoms with Gasteiger partial charge in [-0.05, 0) is 30.4 Å². The summed E-state index contributed by atoms with van der Waals surface area (Å²) in [7, 11) is 0. The average molecular weight is 274 g/mol. The van der Waals surface area contributed by atoms with Crippen LogP contribution in [0.15, 0.2) is 59.5 Å². The molecule has 18 heavy (non-hydrogen) atoms. The van der Waals surface area contributed by atoms with Crippen molar-refractivity contribution >= 4 is 24.4 Å². The summed E-state index contributed by atoms with van der Waals surface area (Å²) in [6, 6.07) is 19.3. The lowest BCUT2D eigenvalue weighted by Crippen LogP contribution is -2.03. The zero-order valence-corrected chi connectivity index (χ0v) is 12.3. The van der Waals surface area contributed by atoms with Crippen molar-refractivity contribution in [3.05, 3.63) is 65.7 Å². The van der Waals surface area contributed by atoms with Crippen LogP contribution in [0.2, 0.25) is 0 Å². The fourth-order valence-corrected chi connectivity index (χ4v) is 3.54. The van der Waals surface area contributed by atoms with E-state index in [1.54, 1.807) is 0 Å². The van der Waals surface area contributed by atoms with Gasteiger partial charge in [-0.1, -0.05) is 48.0 Å². The minimum atomic E-state index is 0.514. The second-order valence-corrected chi connectivity index (χ2v) is 5.88. The Hall–Kier alpha value is -0.860. The van der Waals surface area contributed by atoms with Gasteiger partial charge in [0.25, 0.3) is 0 Å². The summed E-state index contributed by atoms with van der Waals surface area (Å²) < 4.78 is 0. The van der Waals surface area contributed by atoms with E-state index in [1.165, 1.54) is 16.0 Å². The molecule has 0 heterocycles. The minimum absolute atomic E-state index is 0.514. The summed E-state index contributed by atoms with van der Waals surface area (Å²) in [4.78, 5) is 1.35. The number of thiol groups is 1. The molecule has 0 aliphatic carbocycles. The summed E-state index contributed by atoms with van der Waals surface area (Å²) in [5.41, 5.74) is 2.70. The quantitative estimate of drug-likeness (QED) is 0.603. The minimum Gasteiger partial charge on any atom is -0.179 e. The van der Waals surface area contributed by atoms with E-state index in [1.807, 2.05) is 11.8 Å². The Morgan fingerprint density at radius 3 is 2.50 bits per heavy atom. The second kappa shape index (κ2) is 6.91. The van der Waals surface area contributed by atoms with Crippen molar-refractivity contribution in [3.8, 4) is 0 Å². The first kappa shape index (κ1) is 13.6. The Labute approximate surface area is 119 Å². The lowest BCUT2D eigenvalue weighted by atomic mass is 10.0. The summed E-state index contributed by atoms with van der Waals surface area (Å²) in [6.45, 7) is 2.14. The fraction of sp³-hybridized carbons (Fsp3) is 0.250. The summed E-state index contributed by atoms with van der Waals surface area (Å²) in [5, 5.41) is 0. The van der Waals surface area contributed by atoms with Crippen molar-refractivity contribution in [1.29, 1.82) is 0 Å². The molecule has 0 radical (unpaired) electrons. The molecule has 0 aromatic heterocycles. The van der Waals surface area contributed by atoms with Gasteiger partial charge in [0, 0.05) is 16.6 Å². The van der Waals surface area contributed by atoms with Crippen LogP contribution in [-0.2, 0) is 0 Å². The van der Waals surface area contributed by atoms with E-state index in [0.29, 0.717) is 5.92 Å². The first-order chi connectivity index (χ1) is 8.79. The van der Waals surface area contributed by atoms with Gasteiger partial charge in [-0.25, -0.2) is 0 Å².